The van der Waals surface area contributed by atoms with Crippen molar-refractivity contribution in [1.29, 1.82) is 0 Å². The Morgan fingerprint density at radius 3 is 2.34 bits per heavy atom. The van der Waals surface area contributed by atoms with Crippen molar-refractivity contribution in [3.8, 4) is 0 Å². The molecule has 0 radical (unpaired) electrons. The summed E-state index contributed by atoms with van der Waals surface area (Å²) in [6, 6.07) is 5.15. The van der Waals surface area contributed by atoms with Gasteiger partial charge in [0.1, 0.15) is 23.6 Å². The van der Waals surface area contributed by atoms with E-state index in [1.54, 1.807) is 20.9 Å². The number of aryl methyl sites for hydroxylation is 1. The highest BCUT2D eigenvalue weighted by molar-refractivity contribution is 5.87. The van der Waals surface area contributed by atoms with E-state index < -0.39 is 23.8 Å². The van der Waals surface area contributed by atoms with E-state index >= 15 is 0 Å². The number of nitrogens with zero attached hydrogens (tertiary/aromatic N) is 3. The molecule has 1 aromatic carbocycles. The number of halogens is 3. The number of benzene rings is 1. The molecule has 3 aliphatic rings. The fourth-order valence-electron chi connectivity index (χ4n) is 7.54. The Morgan fingerprint density at radius 2 is 1.66 bits per heavy atom. The molecule has 2 bridgehead atoms. The van der Waals surface area contributed by atoms with E-state index in [9.17, 15) is 22.8 Å². The van der Waals surface area contributed by atoms with Gasteiger partial charge in [0.25, 0.3) is 12.0 Å². The van der Waals surface area contributed by atoms with Crippen LogP contribution in [0, 0.1) is 11.7 Å². The fraction of sp³-hybridized carbons (Fsp3) is 0.588. The van der Waals surface area contributed by atoms with Gasteiger partial charge >= 0.3 is 0 Å². The van der Waals surface area contributed by atoms with E-state index in [4.69, 9.17) is 0 Å². The van der Waals surface area contributed by atoms with Gasteiger partial charge in [0.2, 0.25) is 5.91 Å². The van der Waals surface area contributed by atoms with Gasteiger partial charge in [0.15, 0.2) is 0 Å². The van der Waals surface area contributed by atoms with Crippen molar-refractivity contribution in [2.75, 3.05) is 5.32 Å². The molecule has 3 aromatic rings. The Morgan fingerprint density at radius 1 is 1.00 bits per heavy atom. The Bertz CT molecular complexity index is 1540. The van der Waals surface area contributed by atoms with Gasteiger partial charge in [-0.25, -0.2) is 23.1 Å². The fourth-order valence-corrected chi connectivity index (χ4v) is 7.54. The van der Waals surface area contributed by atoms with Crippen LogP contribution in [0.1, 0.15) is 126 Å². The Labute approximate surface area is 257 Å². The maximum Gasteiger partial charge on any atom is 0.266 e. The molecule has 3 aliphatic carbocycles. The number of anilines is 1. The largest absolute Gasteiger partial charge is 0.363 e. The van der Waals surface area contributed by atoms with E-state index in [0.717, 1.165) is 38.2 Å². The van der Waals surface area contributed by atoms with Gasteiger partial charge < -0.3 is 10.6 Å². The number of fused-ring (bicyclic) bond motifs is 11. The lowest BCUT2D eigenvalue weighted by Gasteiger charge is -2.50. The topological polar surface area (TPSA) is 88.9 Å². The molecule has 3 fully saturated rings. The molecular weight excluding hydrogens is 567 g/mol. The average Bonchev–Trinajstić information content (AvgIpc) is 2.96. The molecule has 0 saturated heterocycles. The maximum absolute atomic E-state index is 15.0. The number of aromatic nitrogens is 3. The number of carbonyl (C=O) groups is 1. The van der Waals surface area contributed by atoms with Crippen molar-refractivity contribution in [1.82, 2.24) is 19.9 Å². The van der Waals surface area contributed by atoms with Crippen molar-refractivity contribution in [3.63, 3.8) is 0 Å². The van der Waals surface area contributed by atoms with Crippen LogP contribution in [0.3, 0.4) is 0 Å². The van der Waals surface area contributed by atoms with E-state index in [2.05, 4.69) is 20.6 Å². The molecule has 2 aromatic heterocycles. The summed E-state index contributed by atoms with van der Waals surface area (Å²) in [5, 5.41) is 7.07. The number of hydrogen-bond donors (Lipinski definition) is 2. The smallest absolute Gasteiger partial charge is 0.266 e. The van der Waals surface area contributed by atoms with Gasteiger partial charge in [-0.15, -0.1) is 0 Å². The number of alkyl halides is 2. The first-order valence-electron chi connectivity index (χ1n) is 16.0. The Hall–Kier alpha value is -3.43. The van der Waals surface area contributed by atoms with Gasteiger partial charge in [-0.1, -0.05) is 69.6 Å². The third-order valence-corrected chi connectivity index (χ3v) is 9.69. The first-order chi connectivity index (χ1) is 21.1. The van der Waals surface area contributed by atoms with Crippen LogP contribution >= 0.6 is 0 Å². The predicted octanol–water partition coefficient (Wildman–Crippen LogP) is 7.86. The lowest BCUT2D eigenvalue weighted by Crippen LogP contribution is -2.57. The van der Waals surface area contributed by atoms with Crippen LogP contribution in [-0.4, -0.2) is 26.0 Å². The minimum absolute atomic E-state index is 0.0493. The highest BCUT2D eigenvalue weighted by Crippen LogP contribution is 2.47. The maximum atomic E-state index is 15.0. The van der Waals surface area contributed by atoms with Gasteiger partial charge in [0.05, 0.1) is 17.0 Å². The van der Waals surface area contributed by atoms with Crippen molar-refractivity contribution >= 4 is 22.8 Å². The zero-order valence-corrected chi connectivity index (χ0v) is 26.0. The first-order valence-corrected chi connectivity index (χ1v) is 16.0. The molecule has 7 nitrogen and oxygen atoms in total. The van der Waals surface area contributed by atoms with Gasteiger partial charge in [-0.3, -0.25) is 14.2 Å². The van der Waals surface area contributed by atoms with Crippen molar-refractivity contribution in [2.24, 2.45) is 13.0 Å². The molecule has 1 unspecified atom stereocenters. The molecule has 6 rings (SSSR count). The predicted molar refractivity (Wildman–Crippen MR) is 166 cm³/mol. The molecule has 0 spiro atoms. The van der Waals surface area contributed by atoms with Crippen molar-refractivity contribution in [3.05, 3.63) is 63.5 Å². The third-order valence-electron chi connectivity index (χ3n) is 9.69. The number of hydrogen-bond acceptors (Lipinski definition) is 5. The highest BCUT2D eigenvalue weighted by Gasteiger charge is 2.46. The van der Waals surface area contributed by atoms with E-state index in [-0.39, 0.29) is 28.5 Å². The molecule has 2 heterocycles. The van der Waals surface area contributed by atoms with E-state index in [0.29, 0.717) is 34.8 Å². The van der Waals surface area contributed by atoms with Crippen molar-refractivity contribution < 1.29 is 18.0 Å². The molecule has 238 valence electrons. The van der Waals surface area contributed by atoms with Crippen molar-refractivity contribution in [2.45, 2.75) is 115 Å². The van der Waals surface area contributed by atoms with Crippen LogP contribution in [0.2, 0.25) is 0 Å². The SMILES string of the molecule is CC(=O)NC12CC(CCCCCCCCCC(c3cc4c(N[C@H](C)c5cccc(C(F)F)c5F)ncnc4n(C)c3=O)C1)C2. The molecule has 44 heavy (non-hydrogen) atoms. The lowest BCUT2D eigenvalue weighted by atomic mass is 9.62. The summed E-state index contributed by atoms with van der Waals surface area (Å²) >= 11 is 0. The van der Waals surface area contributed by atoms with Crippen LogP contribution < -0.4 is 16.2 Å². The minimum Gasteiger partial charge on any atom is -0.363 e. The van der Waals surface area contributed by atoms with E-state index in [1.807, 2.05) is 6.07 Å². The van der Waals surface area contributed by atoms with Gasteiger partial charge in [0, 0.05) is 30.6 Å². The molecule has 0 aliphatic heterocycles. The summed E-state index contributed by atoms with van der Waals surface area (Å²) in [5.74, 6) is -0.108. The minimum atomic E-state index is -2.93. The average molecular weight is 612 g/mol. The van der Waals surface area contributed by atoms with Crippen LogP contribution in [0.25, 0.3) is 11.0 Å². The lowest BCUT2D eigenvalue weighted by molar-refractivity contribution is -0.123. The quantitative estimate of drug-likeness (QED) is 0.296. The highest BCUT2D eigenvalue weighted by atomic mass is 19.3. The Kier molecular flexibility index (Phi) is 9.95. The van der Waals surface area contributed by atoms with Crippen LogP contribution in [0.15, 0.2) is 35.4 Å². The zero-order valence-electron chi connectivity index (χ0n) is 26.0. The number of rotatable bonds is 6. The standard InChI is InChI=1S/C34H44F3N5O2/c1-21(25-14-11-15-26(29(25)35)30(36)37)40-31-28-16-27(33(44)42(3)32(28)39-20-38-31)24-13-10-8-6-4-5-7-9-12-23-17-34(18-23,19-24)41-22(2)43/h11,14-16,20-21,23-24,30H,4-10,12-13,17-19H2,1-3H3,(H,41,43)(H,38,39,40)/t21-,23?,24?,34?/m1/s1. The van der Waals surface area contributed by atoms with E-state index in [1.165, 1.54) is 61.6 Å². The molecule has 1 amide bonds. The Balaban J connectivity index is 1.52. The number of amides is 1. The van der Waals surface area contributed by atoms with Crippen LogP contribution in [-0.2, 0) is 11.8 Å². The first kappa shape index (κ1) is 32.0. The summed E-state index contributed by atoms with van der Waals surface area (Å²) in [6.07, 6.45) is 11.2. The van der Waals surface area contributed by atoms with Gasteiger partial charge in [-0.2, -0.15) is 0 Å². The number of carbonyl (C=O) groups excluding carboxylic acids is 1. The summed E-state index contributed by atoms with van der Waals surface area (Å²) in [7, 11) is 1.69. The molecule has 3 saturated carbocycles. The van der Waals surface area contributed by atoms with Crippen LogP contribution in [0.5, 0.6) is 0 Å². The molecule has 2 atom stereocenters. The summed E-state index contributed by atoms with van der Waals surface area (Å²) in [6.45, 7) is 3.25. The molecule has 10 heteroatoms. The second-order valence-corrected chi connectivity index (χ2v) is 13.0. The zero-order chi connectivity index (χ0) is 31.4. The number of nitrogens with one attached hydrogen (secondary N) is 2. The second kappa shape index (κ2) is 13.7. The monoisotopic (exact) mass is 611 g/mol. The van der Waals surface area contributed by atoms with Crippen LogP contribution in [0.4, 0.5) is 19.0 Å². The molecule has 2 N–H and O–H groups in total. The third kappa shape index (κ3) is 6.94. The summed E-state index contributed by atoms with van der Waals surface area (Å²) < 4.78 is 43.3. The summed E-state index contributed by atoms with van der Waals surface area (Å²) in [4.78, 5) is 35.0. The number of pyridine rings is 1. The molecular formula is C34H44F3N5O2. The van der Waals surface area contributed by atoms with Gasteiger partial charge in [-0.05, 0) is 50.5 Å². The normalized spacial score (nSPS) is 23.9. The summed E-state index contributed by atoms with van der Waals surface area (Å²) in [5.41, 5.74) is 0.0614. The second-order valence-electron chi connectivity index (χ2n) is 13.0.